The Morgan fingerprint density at radius 1 is 0.313 bits per heavy atom. The van der Waals surface area contributed by atoms with E-state index >= 15 is 0 Å². The molecular formula is C62H38N2O2S. The van der Waals surface area contributed by atoms with Crippen LogP contribution in [0.1, 0.15) is 0 Å². The molecule has 2 aromatic heterocycles. The molecule has 0 aliphatic carbocycles. The number of furan rings is 2. The summed E-state index contributed by atoms with van der Waals surface area (Å²) < 4.78 is 13.4. The summed E-state index contributed by atoms with van der Waals surface area (Å²) in [5.74, 6) is 0. The zero-order valence-corrected chi connectivity index (χ0v) is 36.9. The van der Waals surface area contributed by atoms with E-state index in [4.69, 9.17) is 8.83 Å². The molecule has 0 spiro atoms. The monoisotopic (exact) mass is 874 g/mol. The van der Waals surface area contributed by atoms with E-state index in [-0.39, 0.29) is 0 Å². The van der Waals surface area contributed by atoms with Gasteiger partial charge in [0.15, 0.2) is 11.2 Å². The highest BCUT2D eigenvalue weighted by atomic mass is 32.2. The second kappa shape index (κ2) is 15.0. The minimum absolute atomic E-state index is 0.857. The summed E-state index contributed by atoms with van der Waals surface area (Å²) in [6, 6.07) is 82.6. The first-order valence-electron chi connectivity index (χ1n) is 22.7. The standard InChI is InChI=1S/C62H38N2O2S/c1-3-16-39(17-4-1)44-20-7-10-26-53(44)64(55-28-14-25-50-46-22-9-12-30-57(46)66-62(50)55)42-33-32-40-36-52-47-35-34-43(38-59(47)67-58-31-15-23-48(60(52)58)51(40)37-42)63(41-18-5-2-6-19-41)54-27-13-24-49-45-21-8-11-29-56(45)65-61(49)54/h1-38H. The summed E-state index contributed by atoms with van der Waals surface area (Å²) in [5, 5.41) is 9.32. The van der Waals surface area contributed by atoms with Crippen molar-refractivity contribution in [1.82, 2.24) is 0 Å². The lowest BCUT2D eigenvalue weighted by Crippen LogP contribution is -2.11. The lowest BCUT2D eigenvalue weighted by atomic mass is 9.92. The number of fused-ring (bicyclic) bond motifs is 10. The predicted octanol–water partition coefficient (Wildman–Crippen LogP) is 18.5. The molecule has 0 fully saturated rings. The molecule has 0 radical (unpaired) electrons. The van der Waals surface area contributed by atoms with E-state index in [2.05, 4.69) is 222 Å². The molecular weight excluding hydrogens is 837 g/mol. The van der Waals surface area contributed by atoms with Crippen molar-refractivity contribution in [2.24, 2.45) is 0 Å². The van der Waals surface area contributed by atoms with E-state index < -0.39 is 0 Å². The highest BCUT2D eigenvalue weighted by molar-refractivity contribution is 7.99. The molecule has 1 aliphatic rings. The van der Waals surface area contributed by atoms with Gasteiger partial charge in [0.2, 0.25) is 0 Å². The molecule has 314 valence electrons. The smallest absolute Gasteiger partial charge is 0.159 e. The van der Waals surface area contributed by atoms with Crippen LogP contribution in [0.15, 0.2) is 249 Å². The summed E-state index contributed by atoms with van der Waals surface area (Å²) in [4.78, 5) is 7.18. The summed E-state index contributed by atoms with van der Waals surface area (Å²) in [7, 11) is 0. The van der Waals surface area contributed by atoms with Gasteiger partial charge in [-0.25, -0.2) is 0 Å². The van der Waals surface area contributed by atoms with Crippen LogP contribution in [0.2, 0.25) is 0 Å². The fourth-order valence-corrected chi connectivity index (χ4v) is 11.6. The number of rotatable bonds is 7. The van der Waals surface area contributed by atoms with Crippen molar-refractivity contribution in [3.05, 3.63) is 231 Å². The van der Waals surface area contributed by atoms with Crippen molar-refractivity contribution >= 4 is 111 Å². The van der Waals surface area contributed by atoms with E-state index in [0.29, 0.717) is 0 Å². The Hall–Kier alpha value is -8.51. The zero-order valence-electron chi connectivity index (χ0n) is 36.1. The van der Waals surface area contributed by atoms with E-state index in [9.17, 15) is 0 Å². The first-order valence-corrected chi connectivity index (χ1v) is 23.5. The van der Waals surface area contributed by atoms with E-state index in [1.54, 1.807) is 0 Å². The van der Waals surface area contributed by atoms with E-state index in [1.807, 2.05) is 30.0 Å². The maximum Gasteiger partial charge on any atom is 0.159 e. The third-order valence-corrected chi connectivity index (χ3v) is 14.5. The van der Waals surface area contributed by atoms with Crippen LogP contribution in [0, 0.1) is 0 Å². The lowest BCUT2D eigenvalue weighted by Gasteiger charge is -2.29. The van der Waals surface area contributed by atoms with Gasteiger partial charge in [0.1, 0.15) is 11.2 Å². The molecule has 4 nitrogen and oxygen atoms in total. The van der Waals surface area contributed by atoms with Gasteiger partial charge in [0, 0.05) is 59.3 Å². The largest absolute Gasteiger partial charge is 0.454 e. The average Bonchev–Trinajstić information content (AvgIpc) is 3.97. The highest BCUT2D eigenvalue weighted by Crippen LogP contribution is 2.53. The van der Waals surface area contributed by atoms with Gasteiger partial charge in [-0.3, -0.25) is 0 Å². The molecule has 5 heteroatoms. The van der Waals surface area contributed by atoms with Gasteiger partial charge in [-0.2, -0.15) is 0 Å². The van der Waals surface area contributed by atoms with Crippen molar-refractivity contribution in [2.75, 3.05) is 9.80 Å². The maximum atomic E-state index is 6.75. The molecule has 1 aliphatic heterocycles. The van der Waals surface area contributed by atoms with Crippen LogP contribution in [0.3, 0.4) is 0 Å². The van der Waals surface area contributed by atoms with Crippen molar-refractivity contribution < 1.29 is 8.83 Å². The first-order chi connectivity index (χ1) is 33.2. The summed E-state index contributed by atoms with van der Waals surface area (Å²) in [6.45, 7) is 0. The van der Waals surface area contributed by atoms with Crippen LogP contribution in [-0.2, 0) is 0 Å². The summed E-state index contributed by atoms with van der Waals surface area (Å²) in [6.07, 6.45) is 0. The molecule has 11 aromatic carbocycles. The quantitative estimate of drug-likeness (QED) is 0.149. The van der Waals surface area contributed by atoms with E-state index in [1.165, 1.54) is 42.5 Å². The number of nitrogens with zero attached hydrogens (tertiary/aromatic N) is 2. The SMILES string of the molecule is c1ccc(-c2ccccc2N(c2ccc3cc4c5c(cccc5c3c2)Sc2cc(N(c3ccccc3)c3cccc5c3oc3ccccc35)ccc2-4)c2cccc3c2oc2ccccc23)cc1. The third-order valence-electron chi connectivity index (χ3n) is 13.4. The number of benzene rings is 11. The Bertz CT molecular complexity index is 4100. The van der Waals surface area contributed by atoms with Crippen molar-refractivity contribution in [3.63, 3.8) is 0 Å². The van der Waals surface area contributed by atoms with Crippen LogP contribution in [0.5, 0.6) is 0 Å². The van der Waals surface area contributed by atoms with E-state index in [0.717, 1.165) is 89.1 Å². The van der Waals surface area contributed by atoms with Gasteiger partial charge in [0.05, 0.1) is 17.1 Å². The first kappa shape index (κ1) is 37.8. The van der Waals surface area contributed by atoms with Crippen LogP contribution < -0.4 is 9.80 Å². The lowest BCUT2D eigenvalue weighted by molar-refractivity contribution is 0.668. The Labute approximate surface area is 390 Å². The fourth-order valence-electron chi connectivity index (χ4n) is 10.4. The maximum absolute atomic E-state index is 6.75. The summed E-state index contributed by atoms with van der Waals surface area (Å²) in [5.41, 5.74) is 14.5. The van der Waals surface area contributed by atoms with Gasteiger partial charge in [-0.05, 0) is 112 Å². The minimum atomic E-state index is 0.857. The number of anilines is 6. The van der Waals surface area contributed by atoms with Crippen molar-refractivity contribution in [2.45, 2.75) is 9.79 Å². The molecule has 0 saturated heterocycles. The van der Waals surface area contributed by atoms with Gasteiger partial charge < -0.3 is 18.6 Å². The second-order valence-electron chi connectivity index (χ2n) is 17.2. The van der Waals surface area contributed by atoms with Crippen LogP contribution in [-0.4, -0.2) is 0 Å². The number of hydrogen-bond acceptors (Lipinski definition) is 5. The number of para-hydroxylation sites is 6. The topological polar surface area (TPSA) is 32.8 Å². The van der Waals surface area contributed by atoms with Crippen LogP contribution >= 0.6 is 11.8 Å². The molecule has 13 aromatic rings. The molecule has 0 unspecified atom stereocenters. The van der Waals surface area contributed by atoms with Crippen LogP contribution in [0.4, 0.5) is 34.1 Å². The van der Waals surface area contributed by atoms with Crippen molar-refractivity contribution in [1.29, 1.82) is 0 Å². The molecule has 0 atom stereocenters. The Balaban J connectivity index is 0.941. The molecule has 67 heavy (non-hydrogen) atoms. The zero-order chi connectivity index (χ0) is 44.0. The highest BCUT2D eigenvalue weighted by Gasteiger charge is 2.27. The normalized spacial score (nSPS) is 12.1. The second-order valence-corrected chi connectivity index (χ2v) is 18.3. The average molecular weight is 875 g/mol. The fraction of sp³-hybridized carbons (Fsp3) is 0. The molecule has 0 N–H and O–H groups in total. The minimum Gasteiger partial charge on any atom is -0.454 e. The molecule has 3 heterocycles. The Morgan fingerprint density at radius 2 is 0.881 bits per heavy atom. The van der Waals surface area contributed by atoms with Gasteiger partial charge in [-0.1, -0.05) is 163 Å². The number of hydrogen-bond donors (Lipinski definition) is 0. The van der Waals surface area contributed by atoms with Gasteiger partial charge in [0.25, 0.3) is 0 Å². The summed E-state index contributed by atoms with van der Waals surface area (Å²) >= 11 is 1.85. The Kier molecular flexibility index (Phi) is 8.48. The van der Waals surface area contributed by atoms with Gasteiger partial charge >= 0.3 is 0 Å². The molecule has 14 rings (SSSR count). The van der Waals surface area contributed by atoms with Crippen LogP contribution in [0.25, 0.3) is 87.7 Å². The molecule has 0 saturated carbocycles. The molecule has 0 bridgehead atoms. The van der Waals surface area contributed by atoms with Crippen molar-refractivity contribution in [3.8, 4) is 22.3 Å². The van der Waals surface area contributed by atoms with Gasteiger partial charge in [-0.15, -0.1) is 0 Å². The molecule has 0 amide bonds. The Morgan fingerprint density at radius 3 is 1.63 bits per heavy atom. The third kappa shape index (κ3) is 5.95. The predicted molar refractivity (Wildman–Crippen MR) is 280 cm³/mol.